The third kappa shape index (κ3) is 4.27. The number of rotatable bonds is 6. The summed E-state index contributed by atoms with van der Waals surface area (Å²) in [5.74, 6) is -0.812. The van der Waals surface area contributed by atoms with Crippen LogP contribution in [0.5, 0.6) is 0 Å². The smallest absolute Gasteiger partial charge is 0.338 e. The van der Waals surface area contributed by atoms with Crippen LogP contribution in [0.15, 0.2) is 48.1 Å². The molecule has 2 aromatic heterocycles. The van der Waals surface area contributed by atoms with Gasteiger partial charge in [0.15, 0.2) is 6.61 Å². The van der Waals surface area contributed by atoms with E-state index in [0.717, 1.165) is 4.88 Å². The zero-order valence-electron chi connectivity index (χ0n) is 13.4. The lowest BCUT2D eigenvalue weighted by Crippen LogP contribution is -2.30. The molecule has 0 aliphatic carbocycles. The van der Waals surface area contributed by atoms with Crippen LogP contribution in [0.25, 0.3) is 5.69 Å². The van der Waals surface area contributed by atoms with Gasteiger partial charge < -0.3 is 9.64 Å². The van der Waals surface area contributed by atoms with Gasteiger partial charge in [-0.3, -0.25) is 4.79 Å². The largest absolute Gasteiger partial charge is 0.452 e. The number of carbonyl (C=O) groups excluding carboxylic acids is 2. The lowest BCUT2D eigenvalue weighted by molar-refractivity contribution is -0.133. The molecule has 1 aromatic carbocycles. The average Bonchev–Trinajstić information content (AvgIpc) is 3.33. The molecule has 0 bridgehead atoms. The Kier molecular flexibility index (Phi) is 5.14. The summed E-state index contributed by atoms with van der Waals surface area (Å²) < 4.78 is 6.56. The first-order valence-corrected chi connectivity index (χ1v) is 8.28. The van der Waals surface area contributed by atoms with Gasteiger partial charge in [0.1, 0.15) is 6.33 Å². The number of nitrogens with zero attached hydrogens (tertiary/aromatic N) is 5. The number of hydrogen-bond acceptors (Lipinski definition) is 7. The molecule has 0 N–H and O–H groups in total. The van der Waals surface area contributed by atoms with E-state index >= 15 is 0 Å². The van der Waals surface area contributed by atoms with E-state index < -0.39 is 5.97 Å². The van der Waals surface area contributed by atoms with Crippen molar-refractivity contribution in [2.24, 2.45) is 0 Å². The Hall–Kier alpha value is -3.07. The molecule has 0 saturated carbocycles. The number of thiophene rings is 1. The monoisotopic (exact) mass is 357 g/mol. The maximum Gasteiger partial charge on any atom is 0.338 e. The molecule has 0 atom stereocenters. The van der Waals surface area contributed by atoms with Gasteiger partial charge in [0.2, 0.25) is 0 Å². The lowest BCUT2D eigenvalue weighted by Gasteiger charge is -2.16. The third-order valence-corrected chi connectivity index (χ3v) is 4.30. The van der Waals surface area contributed by atoms with Crippen molar-refractivity contribution >= 4 is 23.2 Å². The Morgan fingerprint density at radius 1 is 1.24 bits per heavy atom. The molecule has 0 aliphatic heterocycles. The lowest BCUT2D eigenvalue weighted by atomic mass is 10.2. The van der Waals surface area contributed by atoms with Gasteiger partial charge in [-0.2, -0.15) is 0 Å². The minimum atomic E-state index is -0.555. The summed E-state index contributed by atoms with van der Waals surface area (Å²) in [6.07, 6.45) is 1.45. The van der Waals surface area contributed by atoms with Crippen molar-refractivity contribution in [3.8, 4) is 5.69 Å². The summed E-state index contributed by atoms with van der Waals surface area (Å²) in [6.45, 7) is 0.199. The highest BCUT2D eigenvalue weighted by molar-refractivity contribution is 7.09. The molecule has 0 unspecified atom stereocenters. The Morgan fingerprint density at radius 3 is 2.68 bits per heavy atom. The molecule has 8 nitrogen and oxygen atoms in total. The van der Waals surface area contributed by atoms with Crippen LogP contribution in [0.4, 0.5) is 0 Å². The second-order valence-electron chi connectivity index (χ2n) is 5.21. The van der Waals surface area contributed by atoms with Gasteiger partial charge in [0, 0.05) is 11.9 Å². The summed E-state index contributed by atoms with van der Waals surface area (Å²) in [4.78, 5) is 26.7. The number of aromatic nitrogens is 4. The van der Waals surface area contributed by atoms with Crippen LogP contribution < -0.4 is 0 Å². The van der Waals surface area contributed by atoms with Gasteiger partial charge in [0.05, 0.1) is 17.8 Å². The van der Waals surface area contributed by atoms with E-state index in [1.165, 1.54) is 15.9 Å². The SMILES string of the molecule is CN(Cc1cccs1)C(=O)COC(=O)c1ccc(-n2cnnn2)cc1. The van der Waals surface area contributed by atoms with Gasteiger partial charge in [-0.05, 0) is 46.1 Å². The summed E-state index contributed by atoms with van der Waals surface area (Å²) in [5.41, 5.74) is 1.07. The number of esters is 1. The first kappa shape index (κ1) is 16.8. The summed E-state index contributed by atoms with van der Waals surface area (Å²) in [7, 11) is 1.68. The third-order valence-electron chi connectivity index (χ3n) is 3.44. The molecule has 2 heterocycles. The van der Waals surface area contributed by atoms with Crippen LogP contribution in [0.3, 0.4) is 0 Å². The Balaban J connectivity index is 1.52. The Morgan fingerprint density at radius 2 is 2.04 bits per heavy atom. The van der Waals surface area contributed by atoms with Crippen LogP contribution in [-0.4, -0.2) is 50.6 Å². The van der Waals surface area contributed by atoms with Crippen LogP contribution in [-0.2, 0) is 16.1 Å². The standard InChI is InChI=1S/C16H15N5O3S/c1-20(9-14-3-2-8-25-14)15(22)10-24-16(23)12-4-6-13(7-5-12)21-11-17-18-19-21/h2-8,11H,9-10H2,1H3. The fourth-order valence-corrected chi connectivity index (χ4v) is 2.83. The molecule has 0 fully saturated rings. The summed E-state index contributed by atoms with van der Waals surface area (Å²) in [6, 6.07) is 10.5. The van der Waals surface area contributed by atoms with Gasteiger partial charge >= 0.3 is 5.97 Å². The van der Waals surface area contributed by atoms with Crippen molar-refractivity contribution in [1.29, 1.82) is 0 Å². The van der Waals surface area contributed by atoms with Gasteiger partial charge in [0.25, 0.3) is 5.91 Å². The number of likely N-dealkylation sites (N-methyl/N-ethyl adjacent to an activating group) is 1. The molecule has 25 heavy (non-hydrogen) atoms. The van der Waals surface area contributed by atoms with E-state index in [0.29, 0.717) is 17.8 Å². The normalized spacial score (nSPS) is 10.4. The van der Waals surface area contributed by atoms with E-state index in [1.807, 2.05) is 17.5 Å². The van der Waals surface area contributed by atoms with Crippen molar-refractivity contribution in [3.63, 3.8) is 0 Å². The summed E-state index contributed by atoms with van der Waals surface area (Å²) >= 11 is 1.57. The predicted octanol–water partition coefficient (Wildman–Crippen LogP) is 1.54. The highest BCUT2D eigenvalue weighted by Gasteiger charge is 2.14. The molecule has 0 radical (unpaired) electrons. The van der Waals surface area contributed by atoms with E-state index in [4.69, 9.17) is 4.74 Å². The molecule has 0 aliphatic rings. The van der Waals surface area contributed by atoms with Crippen molar-refractivity contribution in [1.82, 2.24) is 25.1 Å². The zero-order chi connectivity index (χ0) is 17.6. The molecule has 0 saturated heterocycles. The van der Waals surface area contributed by atoms with E-state index in [-0.39, 0.29) is 12.5 Å². The molecule has 1 amide bonds. The van der Waals surface area contributed by atoms with Crippen molar-refractivity contribution in [2.75, 3.05) is 13.7 Å². The zero-order valence-corrected chi connectivity index (χ0v) is 14.2. The molecule has 3 rings (SSSR count). The Bertz CT molecular complexity index is 831. The van der Waals surface area contributed by atoms with E-state index in [2.05, 4.69) is 15.5 Å². The van der Waals surface area contributed by atoms with Gasteiger partial charge in [-0.1, -0.05) is 6.07 Å². The number of benzene rings is 1. The van der Waals surface area contributed by atoms with Crippen molar-refractivity contribution < 1.29 is 14.3 Å². The molecular weight excluding hydrogens is 342 g/mol. The fourth-order valence-electron chi connectivity index (χ4n) is 2.08. The second-order valence-corrected chi connectivity index (χ2v) is 6.24. The number of ether oxygens (including phenoxy) is 1. The maximum atomic E-state index is 12.0. The topological polar surface area (TPSA) is 90.2 Å². The quantitative estimate of drug-likeness (QED) is 0.622. The number of amides is 1. The summed E-state index contributed by atoms with van der Waals surface area (Å²) in [5, 5.41) is 12.8. The van der Waals surface area contributed by atoms with Crippen molar-refractivity contribution in [3.05, 3.63) is 58.5 Å². The minimum Gasteiger partial charge on any atom is -0.452 e. The van der Waals surface area contributed by atoms with E-state index in [9.17, 15) is 9.59 Å². The Labute approximate surface area is 147 Å². The molecule has 9 heteroatoms. The van der Waals surface area contributed by atoms with Gasteiger partial charge in [-0.15, -0.1) is 16.4 Å². The number of hydrogen-bond donors (Lipinski definition) is 0. The van der Waals surface area contributed by atoms with Crippen LogP contribution >= 0.6 is 11.3 Å². The number of tetrazole rings is 1. The molecule has 3 aromatic rings. The highest BCUT2D eigenvalue weighted by Crippen LogP contribution is 2.12. The molecule has 0 spiro atoms. The average molecular weight is 357 g/mol. The van der Waals surface area contributed by atoms with Crippen LogP contribution in [0.1, 0.15) is 15.2 Å². The first-order chi connectivity index (χ1) is 12.1. The minimum absolute atomic E-state index is 0.257. The van der Waals surface area contributed by atoms with Gasteiger partial charge in [-0.25, -0.2) is 9.48 Å². The van der Waals surface area contributed by atoms with Crippen LogP contribution in [0.2, 0.25) is 0 Å². The number of carbonyl (C=O) groups is 2. The predicted molar refractivity (Wildman–Crippen MR) is 90.2 cm³/mol. The molecular formula is C16H15N5O3S. The van der Waals surface area contributed by atoms with Crippen molar-refractivity contribution in [2.45, 2.75) is 6.54 Å². The molecule has 128 valence electrons. The fraction of sp³-hybridized carbons (Fsp3) is 0.188. The highest BCUT2D eigenvalue weighted by atomic mass is 32.1. The second kappa shape index (κ2) is 7.67. The maximum absolute atomic E-state index is 12.0. The van der Waals surface area contributed by atoms with Crippen LogP contribution in [0, 0.1) is 0 Å². The first-order valence-electron chi connectivity index (χ1n) is 7.40. The van der Waals surface area contributed by atoms with E-state index in [1.54, 1.807) is 42.6 Å².